The molecule has 0 heterocycles. The van der Waals surface area contributed by atoms with E-state index in [1.807, 2.05) is 0 Å². The first-order valence-electron chi connectivity index (χ1n) is 5.58. The molecule has 3 aliphatic carbocycles. The van der Waals surface area contributed by atoms with Crippen LogP contribution in [0.4, 0.5) is 0 Å². The van der Waals surface area contributed by atoms with E-state index in [-0.39, 0.29) is 0 Å². The summed E-state index contributed by atoms with van der Waals surface area (Å²) in [5.41, 5.74) is 0.666. The molecule has 3 fully saturated rings. The first kappa shape index (κ1) is 7.37. The Morgan fingerprint density at radius 3 is 2.17 bits per heavy atom. The van der Waals surface area contributed by atoms with Gasteiger partial charge in [-0.15, -0.1) is 0 Å². The van der Waals surface area contributed by atoms with E-state index in [2.05, 4.69) is 12.2 Å². The minimum Gasteiger partial charge on any atom is -0.308 e. The smallest absolute Gasteiger partial charge is 0.0213 e. The molecule has 1 N–H and O–H groups in total. The Kier molecular flexibility index (Phi) is 1.39. The molecule has 0 spiro atoms. The van der Waals surface area contributed by atoms with Gasteiger partial charge >= 0.3 is 0 Å². The molecule has 2 unspecified atom stereocenters. The standard InChI is InChI=1S/C11H19N/c1-8-2-5-10(8)12-11(6-7-11)9-3-4-9/h8-10,12H,2-7H2,1H3. The van der Waals surface area contributed by atoms with Gasteiger partial charge in [-0.1, -0.05) is 6.92 Å². The molecule has 0 bridgehead atoms. The van der Waals surface area contributed by atoms with Gasteiger partial charge in [-0.3, -0.25) is 0 Å². The molecule has 2 atom stereocenters. The minimum absolute atomic E-state index is 0.666. The van der Waals surface area contributed by atoms with E-state index >= 15 is 0 Å². The Morgan fingerprint density at radius 1 is 1.08 bits per heavy atom. The highest BCUT2D eigenvalue weighted by atomic mass is 15.1. The highest BCUT2D eigenvalue weighted by Crippen LogP contribution is 2.54. The lowest BCUT2D eigenvalue weighted by molar-refractivity contribution is 0.194. The third-order valence-electron chi connectivity index (χ3n) is 4.24. The summed E-state index contributed by atoms with van der Waals surface area (Å²) < 4.78 is 0. The average molecular weight is 165 g/mol. The summed E-state index contributed by atoms with van der Waals surface area (Å²) in [4.78, 5) is 0. The minimum atomic E-state index is 0.666. The molecule has 1 nitrogen and oxygen atoms in total. The lowest BCUT2D eigenvalue weighted by Gasteiger charge is -2.38. The van der Waals surface area contributed by atoms with Crippen molar-refractivity contribution in [3.05, 3.63) is 0 Å². The fourth-order valence-corrected chi connectivity index (χ4v) is 2.69. The lowest BCUT2D eigenvalue weighted by Crippen LogP contribution is -2.49. The Balaban J connectivity index is 1.59. The maximum Gasteiger partial charge on any atom is 0.0213 e. The van der Waals surface area contributed by atoms with Crippen LogP contribution in [0.3, 0.4) is 0 Å². The first-order chi connectivity index (χ1) is 5.80. The largest absolute Gasteiger partial charge is 0.308 e. The molecular weight excluding hydrogens is 146 g/mol. The van der Waals surface area contributed by atoms with Crippen molar-refractivity contribution in [2.45, 2.75) is 57.0 Å². The number of rotatable bonds is 3. The second-order valence-electron chi connectivity index (χ2n) is 5.24. The summed E-state index contributed by atoms with van der Waals surface area (Å²) in [5.74, 6) is 2.03. The SMILES string of the molecule is CC1CCC1NC1(C2CC2)CC1. The zero-order chi connectivity index (χ0) is 8.18. The third-order valence-corrected chi connectivity index (χ3v) is 4.24. The fraction of sp³-hybridized carbons (Fsp3) is 1.00. The molecule has 12 heavy (non-hydrogen) atoms. The predicted molar refractivity (Wildman–Crippen MR) is 50.0 cm³/mol. The van der Waals surface area contributed by atoms with Crippen molar-refractivity contribution in [1.82, 2.24) is 5.32 Å². The quantitative estimate of drug-likeness (QED) is 0.676. The van der Waals surface area contributed by atoms with Crippen molar-refractivity contribution in [2.75, 3.05) is 0 Å². The highest BCUT2D eigenvalue weighted by molar-refractivity contribution is 5.13. The van der Waals surface area contributed by atoms with Gasteiger partial charge in [0.15, 0.2) is 0 Å². The van der Waals surface area contributed by atoms with E-state index in [1.165, 1.54) is 38.5 Å². The molecule has 3 rings (SSSR count). The third kappa shape index (κ3) is 1.02. The van der Waals surface area contributed by atoms with Gasteiger partial charge in [0, 0.05) is 11.6 Å². The van der Waals surface area contributed by atoms with Crippen LogP contribution in [-0.4, -0.2) is 11.6 Å². The fourth-order valence-electron chi connectivity index (χ4n) is 2.69. The van der Waals surface area contributed by atoms with Crippen LogP contribution in [0.15, 0.2) is 0 Å². The molecule has 3 aliphatic rings. The second kappa shape index (κ2) is 2.25. The van der Waals surface area contributed by atoms with E-state index in [4.69, 9.17) is 0 Å². The topological polar surface area (TPSA) is 12.0 Å². The molecule has 0 radical (unpaired) electrons. The zero-order valence-electron chi connectivity index (χ0n) is 7.97. The molecule has 1 heteroatoms. The first-order valence-corrected chi connectivity index (χ1v) is 5.58. The van der Waals surface area contributed by atoms with Gasteiger partial charge < -0.3 is 5.32 Å². The maximum atomic E-state index is 3.92. The van der Waals surface area contributed by atoms with Crippen molar-refractivity contribution in [3.63, 3.8) is 0 Å². The van der Waals surface area contributed by atoms with Crippen molar-refractivity contribution in [3.8, 4) is 0 Å². The van der Waals surface area contributed by atoms with E-state index in [1.54, 1.807) is 0 Å². The van der Waals surface area contributed by atoms with Crippen molar-refractivity contribution in [2.24, 2.45) is 11.8 Å². The number of hydrogen-bond donors (Lipinski definition) is 1. The molecule has 0 saturated heterocycles. The molecule has 0 aromatic rings. The summed E-state index contributed by atoms with van der Waals surface area (Å²) in [6, 6.07) is 0.882. The molecule has 68 valence electrons. The summed E-state index contributed by atoms with van der Waals surface area (Å²) in [6.45, 7) is 2.39. The lowest BCUT2D eigenvalue weighted by atomic mass is 9.80. The highest BCUT2D eigenvalue weighted by Gasteiger charge is 2.55. The molecule has 0 aromatic carbocycles. The Labute approximate surface area is 74.9 Å². The molecule has 3 saturated carbocycles. The van der Waals surface area contributed by atoms with Crippen LogP contribution in [0.25, 0.3) is 0 Å². The molecule has 0 amide bonds. The van der Waals surface area contributed by atoms with E-state index in [0.29, 0.717) is 5.54 Å². The van der Waals surface area contributed by atoms with Gasteiger partial charge in [-0.05, 0) is 50.4 Å². The van der Waals surface area contributed by atoms with Crippen LogP contribution in [0.2, 0.25) is 0 Å². The summed E-state index contributed by atoms with van der Waals surface area (Å²) in [6.07, 6.45) is 8.86. The van der Waals surface area contributed by atoms with Crippen LogP contribution in [-0.2, 0) is 0 Å². The molecular formula is C11H19N. The van der Waals surface area contributed by atoms with Crippen LogP contribution < -0.4 is 5.32 Å². The van der Waals surface area contributed by atoms with Crippen molar-refractivity contribution in [1.29, 1.82) is 0 Å². The molecule has 0 aliphatic heterocycles. The second-order valence-corrected chi connectivity index (χ2v) is 5.24. The van der Waals surface area contributed by atoms with Gasteiger partial charge in [0.25, 0.3) is 0 Å². The van der Waals surface area contributed by atoms with Crippen LogP contribution >= 0.6 is 0 Å². The van der Waals surface area contributed by atoms with Crippen LogP contribution in [0.5, 0.6) is 0 Å². The van der Waals surface area contributed by atoms with E-state index in [9.17, 15) is 0 Å². The number of hydrogen-bond acceptors (Lipinski definition) is 1. The van der Waals surface area contributed by atoms with Crippen LogP contribution in [0, 0.1) is 11.8 Å². The Hall–Kier alpha value is -0.0400. The maximum absolute atomic E-state index is 3.92. The van der Waals surface area contributed by atoms with E-state index < -0.39 is 0 Å². The van der Waals surface area contributed by atoms with Crippen LogP contribution in [0.1, 0.15) is 45.4 Å². The monoisotopic (exact) mass is 165 g/mol. The van der Waals surface area contributed by atoms with Gasteiger partial charge in [0.1, 0.15) is 0 Å². The Bertz CT molecular complexity index is 191. The normalized spacial score (nSPS) is 43.8. The van der Waals surface area contributed by atoms with Gasteiger partial charge in [-0.25, -0.2) is 0 Å². The predicted octanol–water partition coefficient (Wildman–Crippen LogP) is 2.32. The van der Waals surface area contributed by atoms with Gasteiger partial charge in [-0.2, -0.15) is 0 Å². The summed E-state index contributed by atoms with van der Waals surface area (Å²) in [5, 5.41) is 3.92. The molecule has 0 aromatic heterocycles. The summed E-state index contributed by atoms with van der Waals surface area (Å²) in [7, 11) is 0. The van der Waals surface area contributed by atoms with Gasteiger partial charge in [0.2, 0.25) is 0 Å². The summed E-state index contributed by atoms with van der Waals surface area (Å²) >= 11 is 0. The number of nitrogens with one attached hydrogen (secondary N) is 1. The Morgan fingerprint density at radius 2 is 1.83 bits per heavy atom. The van der Waals surface area contributed by atoms with E-state index in [0.717, 1.165) is 17.9 Å². The average Bonchev–Trinajstić information content (AvgIpc) is 2.85. The van der Waals surface area contributed by atoms with Gasteiger partial charge in [0.05, 0.1) is 0 Å². The van der Waals surface area contributed by atoms with Crippen molar-refractivity contribution < 1.29 is 0 Å². The van der Waals surface area contributed by atoms with Crippen molar-refractivity contribution >= 4 is 0 Å². The zero-order valence-corrected chi connectivity index (χ0v) is 7.97.